The second-order valence-electron chi connectivity index (χ2n) is 4.48. The van der Waals surface area contributed by atoms with Gasteiger partial charge < -0.3 is 5.32 Å². The van der Waals surface area contributed by atoms with Crippen molar-refractivity contribution in [3.63, 3.8) is 0 Å². The molecule has 2 heteroatoms. The van der Waals surface area contributed by atoms with E-state index < -0.39 is 0 Å². The van der Waals surface area contributed by atoms with E-state index in [1.165, 1.54) is 29.1 Å². The largest absolute Gasteiger partial charge is 0.308 e. The summed E-state index contributed by atoms with van der Waals surface area (Å²) < 4.78 is 0. The lowest BCUT2D eigenvalue weighted by atomic mass is 9.72. The Bertz CT molecular complexity index is 314. The monoisotopic (exact) mass is 209 g/mol. The smallest absolute Gasteiger partial charge is 0.0481 e. The van der Waals surface area contributed by atoms with Crippen LogP contribution >= 0.6 is 11.3 Å². The van der Waals surface area contributed by atoms with Crippen molar-refractivity contribution in [2.75, 3.05) is 6.54 Å². The van der Waals surface area contributed by atoms with E-state index in [4.69, 9.17) is 0 Å². The summed E-state index contributed by atoms with van der Waals surface area (Å²) in [4.78, 5) is 3.03. The molecule has 78 valence electrons. The molecule has 2 rings (SSSR count). The van der Waals surface area contributed by atoms with Gasteiger partial charge in [0.2, 0.25) is 0 Å². The first-order chi connectivity index (χ1) is 6.69. The van der Waals surface area contributed by atoms with Crippen molar-refractivity contribution in [1.29, 1.82) is 0 Å². The maximum Gasteiger partial charge on any atom is 0.0481 e. The van der Waals surface area contributed by atoms with E-state index in [1.807, 2.05) is 11.3 Å². The molecule has 2 unspecified atom stereocenters. The summed E-state index contributed by atoms with van der Waals surface area (Å²) in [6.45, 7) is 8.08. The molecule has 1 fully saturated rings. The predicted molar refractivity (Wildman–Crippen MR) is 62.8 cm³/mol. The Morgan fingerprint density at radius 1 is 1.50 bits per heavy atom. The van der Waals surface area contributed by atoms with Gasteiger partial charge in [-0.1, -0.05) is 20.8 Å². The van der Waals surface area contributed by atoms with Gasteiger partial charge in [-0.2, -0.15) is 0 Å². The van der Waals surface area contributed by atoms with Gasteiger partial charge in [0, 0.05) is 27.8 Å². The average Bonchev–Trinajstić information content (AvgIpc) is 2.63. The van der Waals surface area contributed by atoms with Gasteiger partial charge in [-0.3, -0.25) is 0 Å². The summed E-state index contributed by atoms with van der Waals surface area (Å²) in [6, 6.07) is 5.18. The Kier molecular flexibility index (Phi) is 2.67. The highest BCUT2D eigenvalue weighted by Gasteiger charge is 2.42. The molecule has 2 heterocycles. The number of rotatable bonds is 3. The van der Waals surface area contributed by atoms with Gasteiger partial charge in [-0.25, -0.2) is 0 Å². The molecule has 1 aliphatic rings. The first-order valence-corrected chi connectivity index (χ1v) is 6.33. The van der Waals surface area contributed by atoms with Crippen molar-refractivity contribution in [1.82, 2.24) is 5.32 Å². The maximum atomic E-state index is 3.55. The summed E-state index contributed by atoms with van der Waals surface area (Å²) in [5.74, 6) is 0. The zero-order valence-electron chi connectivity index (χ0n) is 9.26. The van der Waals surface area contributed by atoms with Crippen molar-refractivity contribution < 1.29 is 0 Å². The highest BCUT2D eigenvalue weighted by molar-refractivity contribution is 7.12. The van der Waals surface area contributed by atoms with Crippen molar-refractivity contribution in [2.24, 2.45) is 5.41 Å². The van der Waals surface area contributed by atoms with Crippen LogP contribution in [0.5, 0.6) is 0 Å². The lowest BCUT2D eigenvalue weighted by Crippen LogP contribution is -2.53. The molecule has 0 spiro atoms. The van der Waals surface area contributed by atoms with Crippen molar-refractivity contribution in [3.8, 4) is 0 Å². The normalized spacial score (nSPS) is 31.5. The van der Waals surface area contributed by atoms with Gasteiger partial charge in [-0.15, -0.1) is 11.3 Å². The third kappa shape index (κ3) is 1.51. The first kappa shape index (κ1) is 10.2. The van der Waals surface area contributed by atoms with Crippen LogP contribution in [0.4, 0.5) is 0 Å². The average molecular weight is 209 g/mol. The number of hydrogen-bond acceptors (Lipinski definition) is 2. The molecule has 0 amide bonds. The zero-order chi connectivity index (χ0) is 10.2. The van der Waals surface area contributed by atoms with Crippen LogP contribution in [0.2, 0.25) is 0 Å². The summed E-state index contributed by atoms with van der Waals surface area (Å²) in [7, 11) is 0. The first-order valence-electron chi connectivity index (χ1n) is 5.51. The van der Waals surface area contributed by atoms with Crippen molar-refractivity contribution >= 4 is 11.3 Å². The highest BCUT2D eigenvalue weighted by atomic mass is 32.1. The van der Waals surface area contributed by atoms with Crippen LogP contribution in [0.15, 0.2) is 12.1 Å². The minimum atomic E-state index is 0.496. The second kappa shape index (κ2) is 3.67. The van der Waals surface area contributed by atoms with Crippen LogP contribution in [0.3, 0.4) is 0 Å². The molecule has 0 aliphatic carbocycles. The number of hydrogen-bond donors (Lipinski definition) is 1. The van der Waals surface area contributed by atoms with E-state index in [2.05, 4.69) is 38.2 Å². The summed E-state index contributed by atoms with van der Waals surface area (Å²) >= 11 is 1.97. The lowest BCUT2D eigenvalue weighted by Gasteiger charge is -2.47. The molecule has 2 atom stereocenters. The van der Waals surface area contributed by atoms with E-state index >= 15 is 0 Å². The molecular weight excluding hydrogens is 190 g/mol. The van der Waals surface area contributed by atoms with Gasteiger partial charge in [0.05, 0.1) is 0 Å². The number of aryl methyl sites for hydroxylation is 1. The Balaban J connectivity index is 2.16. The van der Waals surface area contributed by atoms with Crippen molar-refractivity contribution in [3.05, 3.63) is 21.9 Å². The third-order valence-electron chi connectivity index (χ3n) is 3.53. The van der Waals surface area contributed by atoms with Crippen molar-refractivity contribution in [2.45, 2.75) is 39.7 Å². The van der Waals surface area contributed by atoms with Gasteiger partial charge in [0.15, 0.2) is 0 Å². The van der Waals surface area contributed by atoms with Crippen LogP contribution in [-0.4, -0.2) is 6.54 Å². The van der Waals surface area contributed by atoms with Crippen LogP contribution in [0.1, 0.15) is 43.0 Å². The number of thiophene rings is 1. The molecule has 1 saturated heterocycles. The fourth-order valence-electron chi connectivity index (χ4n) is 2.07. The Morgan fingerprint density at radius 2 is 2.29 bits per heavy atom. The quantitative estimate of drug-likeness (QED) is 0.805. The Morgan fingerprint density at radius 3 is 2.71 bits per heavy atom. The summed E-state index contributed by atoms with van der Waals surface area (Å²) in [5, 5.41) is 3.55. The van der Waals surface area contributed by atoms with E-state index in [9.17, 15) is 0 Å². The van der Waals surface area contributed by atoms with E-state index in [-0.39, 0.29) is 0 Å². The molecule has 1 nitrogen and oxygen atoms in total. The fraction of sp³-hybridized carbons (Fsp3) is 0.667. The molecule has 1 aromatic rings. The topological polar surface area (TPSA) is 12.0 Å². The molecule has 1 aromatic heterocycles. The summed E-state index contributed by atoms with van der Waals surface area (Å²) in [6.07, 6.45) is 2.43. The van der Waals surface area contributed by atoms with Gasteiger partial charge in [-0.05, 0) is 25.0 Å². The SMILES string of the molecule is CCc1ccc(C2NCC2(C)CC)s1. The molecule has 1 aliphatic heterocycles. The lowest BCUT2D eigenvalue weighted by molar-refractivity contribution is 0.102. The molecule has 0 radical (unpaired) electrons. The van der Waals surface area contributed by atoms with Crippen LogP contribution < -0.4 is 5.32 Å². The molecule has 0 bridgehead atoms. The standard InChI is InChI=1S/C12H19NS/c1-4-9-6-7-10(14-9)11-12(3,5-2)8-13-11/h6-7,11,13H,4-5,8H2,1-3H3. The minimum absolute atomic E-state index is 0.496. The molecule has 0 aromatic carbocycles. The predicted octanol–water partition coefficient (Wildman–Crippen LogP) is 3.37. The van der Waals surface area contributed by atoms with Gasteiger partial charge in [0.1, 0.15) is 0 Å². The highest BCUT2D eigenvalue weighted by Crippen LogP contribution is 2.45. The second-order valence-corrected chi connectivity index (χ2v) is 5.68. The Labute approximate surface area is 90.5 Å². The summed E-state index contributed by atoms with van der Waals surface area (Å²) in [5.41, 5.74) is 0.496. The van der Waals surface area contributed by atoms with E-state index in [0.717, 1.165) is 0 Å². The molecule has 0 saturated carbocycles. The zero-order valence-corrected chi connectivity index (χ0v) is 10.1. The molecule has 1 N–H and O–H groups in total. The van der Waals surface area contributed by atoms with Gasteiger partial charge in [0.25, 0.3) is 0 Å². The van der Waals surface area contributed by atoms with Crippen LogP contribution in [-0.2, 0) is 6.42 Å². The molecule has 14 heavy (non-hydrogen) atoms. The van der Waals surface area contributed by atoms with Crippen LogP contribution in [0.25, 0.3) is 0 Å². The third-order valence-corrected chi connectivity index (χ3v) is 4.82. The fourth-order valence-corrected chi connectivity index (χ4v) is 3.27. The molecular formula is C12H19NS. The van der Waals surface area contributed by atoms with E-state index in [0.29, 0.717) is 11.5 Å². The maximum absolute atomic E-state index is 3.55. The van der Waals surface area contributed by atoms with Gasteiger partial charge >= 0.3 is 0 Å². The Hall–Kier alpha value is -0.340. The van der Waals surface area contributed by atoms with E-state index in [1.54, 1.807) is 0 Å². The minimum Gasteiger partial charge on any atom is -0.308 e. The van der Waals surface area contributed by atoms with Crippen LogP contribution in [0, 0.1) is 5.41 Å². The number of nitrogens with one attached hydrogen (secondary N) is 1.